The van der Waals surface area contributed by atoms with Crippen LogP contribution in [0.5, 0.6) is 5.75 Å². The van der Waals surface area contributed by atoms with Crippen LogP contribution in [0.15, 0.2) is 53.4 Å². The molecule has 1 saturated heterocycles. The quantitative estimate of drug-likeness (QED) is 0.776. The second-order valence-electron chi connectivity index (χ2n) is 6.66. The standard InChI is InChI=1S/C20H23ClN2O4S/c1-27-18-10-4-2-7-15(18)13-22-20(24)16-8-6-12-23(14-16)28(25,26)19-11-5-3-9-17(19)21/h2-5,7,9-11,16H,6,8,12-14H2,1H3,(H,22,24). The molecule has 0 aliphatic carbocycles. The first kappa shape index (κ1) is 20.6. The summed E-state index contributed by atoms with van der Waals surface area (Å²) < 4.78 is 32.5. The lowest BCUT2D eigenvalue weighted by atomic mass is 9.98. The topological polar surface area (TPSA) is 75.7 Å². The fourth-order valence-corrected chi connectivity index (χ4v) is 5.36. The maximum Gasteiger partial charge on any atom is 0.244 e. The van der Waals surface area contributed by atoms with Gasteiger partial charge in [0.25, 0.3) is 0 Å². The summed E-state index contributed by atoms with van der Waals surface area (Å²) in [6.07, 6.45) is 1.27. The Labute approximate surface area is 170 Å². The summed E-state index contributed by atoms with van der Waals surface area (Å²) in [6, 6.07) is 13.8. The predicted octanol–water partition coefficient (Wildman–Crippen LogP) is 3.07. The normalized spacial score (nSPS) is 17.9. The van der Waals surface area contributed by atoms with Crippen LogP contribution in [0.25, 0.3) is 0 Å². The van der Waals surface area contributed by atoms with Gasteiger partial charge in [-0.25, -0.2) is 8.42 Å². The Hall–Kier alpha value is -2.09. The van der Waals surface area contributed by atoms with E-state index >= 15 is 0 Å². The molecular formula is C20H23ClN2O4S. The minimum atomic E-state index is -3.74. The highest BCUT2D eigenvalue weighted by molar-refractivity contribution is 7.89. The van der Waals surface area contributed by atoms with Gasteiger partial charge in [-0.15, -0.1) is 0 Å². The van der Waals surface area contributed by atoms with Crippen LogP contribution in [0.2, 0.25) is 5.02 Å². The van der Waals surface area contributed by atoms with E-state index in [1.165, 1.54) is 10.4 Å². The molecule has 0 bridgehead atoms. The molecule has 1 heterocycles. The Morgan fingerprint density at radius 3 is 2.68 bits per heavy atom. The fourth-order valence-electron chi connectivity index (χ4n) is 3.34. The first-order valence-corrected chi connectivity index (χ1v) is 10.9. The van der Waals surface area contributed by atoms with Crippen molar-refractivity contribution in [1.29, 1.82) is 0 Å². The molecule has 3 rings (SSSR count). The third-order valence-corrected chi connectivity index (χ3v) is 7.22. The zero-order valence-electron chi connectivity index (χ0n) is 15.6. The summed E-state index contributed by atoms with van der Waals surface area (Å²) in [5, 5.41) is 3.09. The third kappa shape index (κ3) is 4.48. The summed E-state index contributed by atoms with van der Waals surface area (Å²) >= 11 is 6.08. The molecule has 0 spiro atoms. The molecule has 2 aromatic rings. The molecule has 0 aromatic heterocycles. The van der Waals surface area contributed by atoms with E-state index in [-0.39, 0.29) is 22.4 Å². The smallest absolute Gasteiger partial charge is 0.244 e. The second-order valence-corrected chi connectivity index (χ2v) is 8.98. The van der Waals surface area contributed by atoms with Crippen molar-refractivity contribution in [2.45, 2.75) is 24.3 Å². The molecule has 1 amide bonds. The summed E-state index contributed by atoms with van der Waals surface area (Å²) in [5.41, 5.74) is 0.870. The SMILES string of the molecule is COc1ccccc1CNC(=O)C1CCCN(S(=O)(=O)c2ccccc2Cl)C1. The molecule has 28 heavy (non-hydrogen) atoms. The zero-order valence-corrected chi connectivity index (χ0v) is 17.2. The highest BCUT2D eigenvalue weighted by Crippen LogP contribution is 2.28. The molecule has 1 aliphatic rings. The Morgan fingerprint density at radius 2 is 1.93 bits per heavy atom. The van der Waals surface area contributed by atoms with Gasteiger partial charge < -0.3 is 10.1 Å². The number of carbonyl (C=O) groups excluding carboxylic acids is 1. The van der Waals surface area contributed by atoms with E-state index in [0.717, 1.165) is 5.56 Å². The van der Waals surface area contributed by atoms with Gasteiger partial charge >= 0.3 is 0 Å². The lowest BCUT2D eigenvalue weighted by molar-refractivity contribution is -0.126. The van der Waals surface area contributed by atoms with Crippen molar-refractivity contribution in [2.75, 3.05) is 20.2 Å². The van der Waals surface area contributed by atoms with Crippen LogP contribution in [-0.4, -0.2) is 38.8 Å². The lowest BCUT2D eigenvalue weighted by Gasteiger charge is -2.31. The van der Waals surface area contributed by atoms with Crippen LogP contribution in [0.4, 0.5) is 0 Å². The molecule has 1 unspecified atom stereocenters. The third-order valence-electron chi connectivity index (χ3n) is 4.85. The number of para-hydroxylation sites is 1. The van der Waals surface area contributed by atoms with Crippen LogP contribution in [0.3, 0.4) is 0 Å². The molecule has 1 aliphatic heterocycles. The van der Waals surface area contributed by atoms with Crippen molar-refractivity contribution < 1.29 is 17.9 Å². The molecule has 8 heteroatoms. The van der Waals surface area contributed by atoms with E-state index in [1.54, 1.807) is 25.3 Å². The maximum atomic E-state index is 12.9. The van der Waals surface area contributed by atoms with Crippen LogP contribution in [0.1, 0.15) is 18.4 Å². The van der Waals surface area contributed by atoms with E-state index in [4.69, 9.17) is 16.3 Å². The number of hydrogen-bond acceptors (Lipinski definition) is 4. The number of ether oxygens (including phenoxy) is 1. The van der Waals surface area contributed by atoms with E-state index in [0.29, 0.717) is 31.7 Å². The Kier molecular flexibility index (Phi) is 6.59. The average molecular weight is 423 g/mol. The van der Waals surface area contributed by atoms with Gasteiger partial charge in [0.05, 0.1) is 18.1 Å². The Bertz CT molecular complexity index is 949. The van der Waals surface area contributed by atoms with Gasteiger partial charge in [-0.2, -0.15) is 4.31 Å². The van der Waals surface area contributed by atoms with Gasteiger partial charge in [0.15, 0.2) is 0 Å². The van der Waals surface area contributed by atoms with Crippen molar-refractivity contribution in [3.05, 3.63) is 59.1 Å². The number of benzene rings is 2. The van der Waals surface area contributed by atoms with Gasteiger partial charge in [0, 0.05) is 25.2 Å². The zero-order chi connectivity index (χ0) is 20.1. The summed E-state index contributed by atoms with van der Waals surface area (Å²) in [4.78, 5) is 12.7. The number of hydrogen-bond donors (Lipinski definition) is 1. The molecule has 2 aromatic carbocycles. The van der Waals surface area contributed by atoms with Crippen LogP contribution < -0.4 is 10.1 Å². The molecule has 1 N–H and O–H groups in total. The second kappa shape index (κ2) is 8.94. The maximum absolute atomic E-state index is 12.9. The molecule has 0 radical (unpaired) electrons. The fraction of sp³-hybridized carbons (Fsp3) is 0.350. The predicted molar refractivity (Wildman–Crippen MR) is 108 cm³/mol. The molecule has 1 fully saturated rings. The first-order valence-electron chi connectivity index (χ1n) is 9.07. The number of rotatable bonds is 6. The van der Waals surface area contributed by atoms with Crippen molar-refractivity contribution in [1.82, 2.24) is 9.62 Å². The molecule has 150 valence electrons. The summed E-state index contributed by atoms with van der Waals surface area (Å²) in [5.74, 6) is 0.139. The Morgan fingerprint density at radius 1 is 1.21 bits per heavy atom. The van der Waals surface area contributed by atoms with Gasteiger partial charge in [-0.3, -0.25) is 4.79 Å². The number of methoxy groups -OCH3 is 1. The van der Waals surface area contributed by atoms with E-state index in [2.05, 4.69) is 5.32 Å². The number of carbonyl (C=O) groups is 1. The van der Waals surface area contributed by atoms with Gasteiger partial charge in [0.2, 0.25) is 15.9 Å². The van der Waals surface area contributed by atoms with Gasteiger partial charge in [-0.1, -0.05) is 41.9 Å². The van der Waals surface area contributed by atoms with Gasteiger partial charge in [-0.05, 0) is 31.0 Å². The highest BCUT2D eigenvalue weighted by atomic mass is 35.5. The number of sulfonamides is 1. The first-order chi connectivity index (χ1) is 13.4. The minimum Gasteiger partial charge on any atom is -0.496 e. The summed E-state index contributed by atoms with van der Waals surface area (Å²) in [6.45, 7) is 0.853. The molecule has 1 atom stereocenters. The van der Waals surface area contributed by atoms with Crippen LogP contribution in [-0.2, 0) is 21.4 Å². The number of halogens is 1. The van der Waals surface area contributed by atoms with Crippen molar-refractivity contribution in [3.8, 4) is 5.75 Å². The van der Waals surface area contributed by atoms with Crippen molar-refractivity contribution in [2.24, 2.45) is 5.92 Å². The number of amides is 1. The van der Waals surface area contributed by atoms with Crippen LogP contribution in [0, 0.1) is 5.92 Å². The largest absolute Gasteiger partial charge is 0.496 e. The number of nitrogens with zero attached hydrogens (tertiary/aromatic N) is 1. The van der Waals surface area contributed by atoms with Crippen molar-refractivity contribution >= 4 is 27.5 Å². The lowest BCUT2D eigenvalue weighted by Crippen LogP contribution is -2.45. The molecule has 0 saturated carbocycles. The van der Waals surface area contributed by atoms with E-state index in [9.17, 15) is 13.2 Å². The monoisotopic (exact) mass is 422 g/mol. The number of nitrogens with one attached hydrogen (secondary N) is 1. The Balaban J connectivity index is 1.67. The highest BCUT2D eigenvalue weighted by Gasteiger charge is 2.34. The number of piperidine rings is 1. The van der Waals surface area contributed by atoms with E-state index in [1.807, 2.05) is 24.3 Å². The average Bonchev–Trinajstić information content (AvgIpc) is 2.72. The molecular weight excluding hydrogens is 400 g/mol. The molecule has 6 nitrogen and oxygen atoms in total. The van der Waals surface area contributed by atoms with Gasteiger partial charge in [0.1, 0.15) is 10.6 Å². The van der Waals surface area contributed by atoms with Crippen molar-refractivity contribution in [3.63, 3.8) is 0 Å². The minimum absolute atomic E-state index is 0.0757. The van der Waals surface area contributed by atoms with Crippen LogP contribution >= 0.6 is 11.6 Å². The summed E-state index contributed by atoms with van der Waals surface area (Å²) in [7, 11) is -2.15. The van der Waals surface area contributed by atoms with E-state index < -0.39 is 15.9 Å².